The number of carbonyl (C=O) groups excluding carboxylic acids is 1. The summed E-state index contributed by atoms with van der Waals surface area (Å²) in [4.78, 5) is 41.5. The van der Waals surface area contributed by atoms with Crippen LogP contribution in [-0.2, 0) is 0 Å². The van der Waals surface area contributed by atoms with Gasteiger partial charge in [0.25, 0.3) is 11.5 Å². The van der Waals surface area contributed by atoms with Gasteiger partial charge in [0.15, 0.2) is 0 Å². The average Bonchev–Trinajstić information content (AvgIpc) is 3.10. The Kier molecular flexibility index (Phi) is 4.60. The first kappa shape index (κ1) is 16.8. The van der Waals surface area contributed by atoms with Gasteiger partial charge in [-0.3, -0.25) is 14.6 Å². The highest BCUT2D eigenvalue weighted by Crippen LogP contribution is 2.36. The molecular formula is C17H19N3O5. The minimum absolute atomic E-state index is 0.0714. The van der Waals surface area contributed by atoms with Crippen molar-refractivity contribution in [2.75, 3.05) is 27.3 Å². The predicted molar refractivity (Wildman–Crippen MR) is 90.5 cm³/mol. The molecule has 2 N–H and O–H groups in total. The largest absolute Gasteiger partial charge is 0.497 e. The number of H-pyrrole nitrogens is 2. The molecule has 2 aromatic rings. The van der Waals surface area contributed by atoms with Crippen LogP contribution in [0.25, 0.3) is 0 Å². The van der Waals surface area contributed by atoms with Crippen molar-refractivity contribution in [1.29, 1.82) is 0 Å². The third-order valence-corrected chi connectivity index (χ3v) is 4.40. The van der Waals surface area contributed by atoms with Crippen molar-refractivity contribution in [3.63, 3.8) is 0 Å². The zero-order valence-electron chi connectivity index (χ0n) is 14.0. The van der Waals surface area contributed by atoms with Crippen molar-refractivity contribution < 1.29 is 14.3 Å². The number of aromatic amines is 2. The van der Waals surface area contributed by atoms with E-state index < -0.39 is 17.2 Å². The number of carbonyl (C=O) groups is 1. The number of likely N-dealkylation sites (tertiary alicyclic amines) is 1. The van der Waals surface area contributed by atoms with Crippen LogP contribution in [0.3, 0.4) is 0 Å². The van der Waals surface area contributed by atoms with E-state index in [2.05, 4.69) is 9.97 Å². The van der Waals surface area contributed by atoms with Crippen LogP contribution in [0, 0.1) is 0 Å². The summed E-state index contributed by atoms with van der Waals surface area (Å²) in [7, 11) is 3.20. The molecule has 0 aliphatic carbocycles. The van der Waals surface area contributed by atoms with Crippen molar-refractivity contribution in [1.82, 2.24) is 14.9 Å². The van der Waals surface area contributed by atoms with Gasteiger partial charge in [-0.25, -0.2) is 4.79 Å². The smallest absolute Gasteiger partial charge is 0.325 e. The van der Waals surface area contributed by atoms with E-state index in [0.717, 1.165) is 29.7 Å². The van der Waals surface area contributed by atoms with E-state index in [4.69, 9.17) is 9.47 Å². The normalized spacial score (nSPS) is 16.7. The Balaban J connectivity index is 1.83. The van der Waals surface area contributed by atoms with Gasteiger partial charge in [0, 0.05) is 30.8 Å². The van der Waals surface area contributed by atoms with Gasteiger partial charge in [0.1, 0.15) is 17.1 Å². The predicted octanol–water partition coefficient (Wildman–Crippen LogP) is 0.710. The number of rotatable bonds is 4. The molecule has 0 saturated carbocycles. The fourth-order valence-corrected chi connectivity index (χ4v) is 3.10. The molecule has 1 atom stereocenters. The Morgan fingerprint density at radius 2 is 2.04 bits per heavy atom. The summed E-state index contributed by atoms with van der Waals surface area (Å²) in [6.07, 6.45) is 1.90. The molecule has 1 aromatic heterocycles. The molecule has 1 fully saturated rings. The first-order valence-electron chi connectivity index (χ1n) is 7.86. The average molecular weight is 345 g/mol. The highest BCUT2D eigenvalue weighted by molar-refractivity contribution is 5.93. The molecule has 1 saturated heterocycles. The molecule has 1 aliphatic rings. The second kappa shape index (κ2) is 6.84. The van der Waals surface area contributed by atoms with Crippen molar-refractivity contribution in [2.45, 2.75) is 12.3 Å². The van der Waals surface area contributed by atoms with E-state index in [1.54, 1.807) is 19.1 Å². The van der Waals surface area contributed by atoms with E-state index in [9.17, 15) is 14.4 Å². The fraction of sp³-hybridized carbons (Fsp3) is 0.353. The number of benzene rings is 1. The molecule has 0 spiro atoms. The molecule has 25 heavy (non-hydrogen) atoms. The highest BCUT2D eigenvalue weighted by atomic mass is 16.5. The number of ether oxygens (including phenoxy) is 2. The summed E-state index contributed by atoms with van der Waals surface area (Å²) in [6.45, 7) is 0.976. The maximum atomic E-state index is 12.6. The third-order valence-electron chi connectivity index (χ3n) is 4.40. The van der Waals surface area contributed by atoms with Crippen LogP contribution in [-0.4, -0.2) is 48.1 Å². The summed E-state index contributed by atoms with van der Waals surface area (Å²) in [5.41, 5.74) is -0.427. The summed E-state index contributed by atoms with van der Waals surface area (Å²) in [5.74, 6) is 1.14. The number of nitrogens with zero attached hydrogens (tertiary/aromatic N) is 1. The minimum Gasteiger partial charge on any atom is -0.497 e. The maximum absolute atomic E-state index is 12.6. The maximum Gasteiger partial charge on any atom is 0.325 e. The van der Waals surface area contributed by atoms with E-state index in [1.807, 2.05) is 18.2 Å². The Morgan fingerprint density at radius 1 is 1.24 bits per heavy atom. The molecular weight excluding hydrogens is 326 g/mol. The number of nitrogens with one attached hydrogen (secondary N) is 2. The van der Waals surface area contributed by atoms with Crippen LogP contribution in [0.15, 0.2) is 34.0 Å². The van der Waals surface area contributed by atoms with E-state index in [1.165, 1.54) is 0 Å². The van der Waals surface area contributed by atoms with Gasteiger partial charge in [-0.15, -0.1) is 0 Å². The Bertz CT molecular complexity index is 902. The lowest BCUT2D eigenvalue weighted by Crippen LogP contribution is -2.35. The standard InChI is InChI=1S/C17H19N3O5/c1-24-11-3-4-14(25-2)12(7-11)10-5-6-20(9-10)16(22)13-8-18-17(23)19-15(13)21/h3-4,7-8,10H,5-6,9H2,1-2H3,(H2,18,19,21,23)/t10-/m0/s1. The van der Waals surface area contributed by atoms with Crippen molar-refractivity contribution >= 4 is 5.91 Å². The number of hydrogen-bond acceptors (Lipinski definition) is 5. The number of methoxy groups -OCH3 is 2. The van der Waals surface area contributed by atoms with Crippen LogP contribution in [0.5, 0.6) is 11.5 Å². The summed E-state index contributed by atoms with van der Waals surface area (Å²) in [5, 5.41) is 0. The van der Waals surface area contributed by atoms with Gasteiger partial charge in [0.2, 0.25) is 0 Å². The molecule has 132 valence electrons. The summed E-state index contributed by atoms with van der Waals surface area (Å²) >= 11 is 0. The van der Waals surface area contributed by atoms with Crippen molar-refractivity contribution in [3.8, 4) is 11.5 Å². The Hall–Kier alpha value is -3.03. The topological polar surface area (TPSA) is 104 Å². The lowest BCUT2D eigenvalue weighted by molar-refractivity contribution is 0.0788. The highest BCUT2D eigenvalue weighted by Gasteiger charge is 2.31. The van der Waals surface area contributed by atoms with Gasteiger partial charge >= 0.3 is 5.69 Å². The number of hydrogen-bond donors (Lipinski definition) is 2. The molecule has 3 rings (SSSR count). The molecule has 1 amide bonds. The van der Waals surface area contributed by atoms with Crippen molar-refractivity contribution in [3.05, 3.63) is 56.4 Å². The van der Waals surface area contributed by atoms with Gasteiger partial charge in [-0.2, -0.15) is 0 Å². The van der Waals surface area contributed by atoms with Crippen LogP contribution in [0.1, 0.15) is 28.3 Å². The quantitative estimate of drug-likeness (QED) is 0.849. The molecule has 0 bridgehead atoms. The van der Waals surface area contributed by atoms with Crippen LogP contribution in [0.2, 0.25) is 0 Å². The molecule has 1 aromatic carbocycles. The minimum atomic E-state index is -0.684. The first-order valence-corrected chi connectivity index (χ1v) is 7.86. The van der Waals surface area contributed by atoms with Gasteiger partial charge in [-0.05, 0) is 24.6 Å². The number of amides is 1. The first-order chi connectivity index (χ1) is 12.0. The summed E-state index contributed by atoms with van der Waals surface area (Å²) in [6, 6.07) is 5.57. The fourth-order valence-electron chi connectivity index (χ4n) is 3.10. The monoisotopic (exact) mass is 345 g/mol. The lowest BCUT2D eigenvalue weighted by Gasteiger charge is -2.18. The van der Waals surface area contributed by atoms with Gasteiger partial charge < -0.3 is 19.4 Å². The van der Waals surface area contributed by atoms with Crippen LogP contribution in [0.4, 0.5) is 0 Å². The van der Waals surface area contributed by atoms with E-state index >= 15 is 0 Å². The molecule has 8 nitrogen and oxygen atoms in total. The second-order valence-electron chi connectivity index (χ2n) is 5.83. The number of aromatic nitrogens is 2. The summed E-state index contributed by atoms with van der Waals surface area (Å²) < 4.78 is 10.7. The molecule has 8 heteroatoms. The lowest BCUT2D eigenvalue weighted by atomic mass is 9.97. The SMILES string of the molecule is COc1ccc(OC)c([C@H]2CCN(C(=O)c3c[nH]c(=O)[nH]c3=O)C2)c1. The molecule has 1 aliphatic heterocycles. The molecule has 0 unspecified atom stereocenters. The molecule has 2 heterocycles. The Morgan fingerprint density at radius 3 is 2.72 bits per heavy atom. The molecule has 0 radical (unpaired) electrons. The van der Waals surface area contributed by atoms with Crippen LogP contribution >= 0.6 is 0 Å². The Labute approximate surface area is 143 Å². The van der Waals surface area contributed by atoms with E-state index in [0.29, 0.717) is 13.1 Å². The second-order valence-corrected chi connectivity index (χ2v) is 5.83. The zero-order chi connectivity index (χ0) is 18.0. The van der Waals surface area contributed by atoms with Gasteiger partial charge in [0.05, 0.1) is 14.2 Å². The van der Waals surface area contributed by atoms with Crippen LogP contribution < -0.4 is 20.7 Å². The third kappa shape index (κ3) is 3.28. The van der Waals surface area contributed by atoms with E-state index in [-0.39, 0.29) is 11.5 Å². The zero-order valence-corrected chi connectivity index (χ0v) is 14.0. The van der Waals surface area contributed by atoms with Crippen molar-refractivity contribution in [2.24, 2.45) is 0 Å². The van der Waals surface area contributed by atoms with Gasteiger partial charge in [-0.1, -0.05) is 0 Å².